The summed E-state index contributed by atoms with van der Waals surface area (Å²) in [4.78, 5) is 24.9. The first-order valence-electron chi connectivity index (χ1n) is 10.1. The van der Waals surface area contributed by atoms with Crippen molar-refractivity contribution >= 4 is 33.3 Å². The van der Waals surface area contributed by atoms with Crippen molar-refractivity contribution in [1.29, 1.82) is 0 Å². The first-order valence-corrected chi connectivity index (χ1v) is 10.9. The van der Waals surface area contributed by atoms with Crippen LogP contribution in [-0.4, -0.2) is 54.9 Å². The van der Waals surface area contributed by atoms with Crippen molar-refractivity contribution in [2.45, 2.75) is 47.2 Å². The van der Waals surface area contributed by atoms with Gasteiger partial charge in [0, 0.05) is 6.04 Å². The molecule has 0 aromatic carbocycles. The van der Waals surface area contributed by atoms with Crippen LogP contribution in [0, 0.1) is 12.8 Å². The van der Waals surface area contributed by atoms with Gasteiger partial charge in [-0.05, 0) is 32.3 Å². The number of quaternary nitrogens is 1. The van der Waals surface area contributed by atoms with Crippen LogP contribution in [0.15, 0.2) is 0 Å². The van der Waals surface area contributed by atoms with Crippen molar-refractivity contribution in [1.82, 2.24) is 9.97 Å². The van der Waals surface area contributed by atoms with E-state index in [0.29, 0.717) is 17.4 Å². The molecule has 0 saturated carbocycles. The number of aromatic nitrogens is 2. The van der Waals surface area contributed by atoms with Crippen LogP contribution in [0.25, 0.3) is 10.2 Å². The standard InChI is InChI=1S/C20H30N4O3S/c1-6-27-20(25)17-13(4)16-18(21-14(5)12(2)3)22-15(23-19(16)28-17)11-24-7-9-26-10-8-24/h12,14H,6-11H2,1-5H3,(H,21,22,23)/p+1/t14-/m0/s1. The fourth-order valence-electron chi connectivity index (χ4n) is 3.20. The van der Waals surface area contributed by atoms with Gasteiger partial charge in [0.2, 0.25) is 0 Å². The summed E-state index contributed by atoms with van der Waals surface area (Å²) in [7, 11) is 0. The van der Waals surface area contributed by atoms with Gasteiger partial charge >= 0.3 is 5.97 Å². The van der Waals surface area contributed by atoms with E-state index in [0.717, 1.165) is 60.3 Å². The van der Waals surface area contributed by atoms with Crippen molar-refractivity contribution in [2.75, 3.05) is 38.2 Å². The molecular formula is C20H31N4O3S+. The Labute approximate surface area is 170 Å². The molecule has 8 heteroatoms. The van der Waals surface area contributed by atoms with E-state index in [1.807, 2.05) is 13.8 Å². The molecule has 1 atom stereocenters. The number of rotatable bonds is 7. The molecule has 154 valence electrons. The zero-order valence-electron chi connectivity index (χ0n) is 17.4. The molecule has 2 N–H and O–H groups in total. The predicted molar refractivity (Wildman–Crippen MR) is 111 cm³/mol. The lowest BCUT2D eigenvalue weighted by atomic mass is 10.1. The minimum Gasteiger partial charge on any atom is -0.462 e. The number of ether oxygens (including phenoxy) is 2. The van der Waals surface area contributed by atoms with Crippen molar-refractivity contribution in [2.24, 2.45) is 5.92 Å². The van der Waals surface area contributed by atoms with Crippen molar-refractivity contribution in [3.8, 4) is 0 Å². The highest BCUT2D eigenvalue weighted by atomic mass is 32.1. The summed E-state index contributed by atoms with van der Waals surface area (Å²) in [5.41, 5.74) is 0.891. The van der Waals surface area contributed by atoms with E-state index in [-0.39, 0.29) is 12.0 Å². The van der Waals surface area contributed by atoms with Gasteiger partial charge in [-0.2, -0.15) is 0 Å². The van der Waals surface area contributed by atoms with Gasteiger partial charge < -0.3 is 19.7 Å². The molecule has 28 heavy (non-hydrogen) atoms. The van der Waals surface area contributed by atoms with E-state index < -0.39 is 0 Å². The van der Waals surface area contributed by atoms with Gasteiger partial charge in [-0.15, -0.1) is 11.3 Å². The minimum atomic E-state index is -0.286. The highest BCUT2D eigenvalue weighted by molar-refractivity contribution is 7.20. The fourth-order valence-corrected chi connectivity index (χ4v) is 4.29. The molecule has 0 bridgehead atoms. The van der Waals surface area contributed by atoms with Crippen molar-refractivity contribution in [3.63, 3.8) is 0 Å². The summed E-state index contributed by atoms with van der Waals surface area (Å²) in [6, 6.07) is 0.257. The predicted octanol–water partition coefficient (Wildman–Crippen LogP) is 2.05. The van der Waals surface area contributed by atoms with Crippen LogP contribution < -0.4 is 10.2 Å². The van der Waals surface area contributed by atoms with Gasteiger partial charge in [-0.1, -0.05) is 13.8 Å². The van der Waals surface area contributed by atoms with E-state index in [1.54, 1.807) is 0 Å². The summed E-state index contributed by atoms with van der Waals surface area (Å²) in [5, 5.41) is 4.49. The zero-order chi connectivity index (χ0) is 20.3. The number of aryl methyl sites for hydroxylation is 1. The zero-order valence-corrected chi connectivity index (χ0v) is 18.2. The monoisotopic (exact) mass is 407 g/mol. The highest BCUT2D eigenvalue weighted by Crippen LogP contribution is 2.35. The number of hydrogen-bond acceptors (Lipinski definition) is 7. The number of carbonyl (C=O) groups is 1. The summed E-state index contributed by atoms with van der Waals surface area (Å²) >= 11 is 1.40. The van der Waals surface area contributed by atoms with Gasteiger partial charge in [0.15, 0.2) is 5.82 Å². The highest BCUT2D eigenvalue weighted by Gasteiger charge is 2.24. The summed E-state index contributed by atoms with van der Waals surface area (Å²) < 4.78 is 10.7. The summed E-state index contributed by atoms with van der Waals surface area (Å²) in [6.45, 7) is 14.9. The van der Waals surface area contributed by atoms with Gasteiger partial charge in [0.05, 0.1) is 25.2 Å². The lowest BCUT2D eigenvalue weighted by Crippen LogP contribution is -3.12. The van der Waals surface area contributed by atoms with E-state index in [9.17, 15) is 4.79 Å². The Bertz CT molecular complexity index is 830. The van der Waals surface area contributed by atoms with Gasteiger partial charge in [-0.25, -0.2) is 14.8 Å². The van der Waals surface area contributed by atoms with E-state index in [1.165, 1.54) is 16.2 Å². The molecule has 1 aliphatic heterocycles. The minimum absolute atomic E-state index is 0.257. The molecule has 3 rings (SSSR count). The maximum absolute atomic E-state index is 12.4. The molecule has 2 aromatic rings. The summed E-state index contributed by atoms with van der Waals surface area (Å²) in [6.07, 6.45) is 0. The Morgan fingerprint density at radius 1 is 1.29 bits per heavy atom. The van der Waals surface area contributed by atoms with Crippen LogP contribution >= 0.6 is 11.3 Å². The fraction of sp³-hybridized carbons (Fsp3) is 0.650. The van der Waals surface area contributed by atoms with Crippen molar-refractivity contribution < 1.29 is 19.2 Å². The molecule has 0 unspecified atom stereocenters. The number of esters is 1. The van der Waals surface area contributed by atoms with Gasteiger partial charge in [-0.3, -0.25) is 0 Å². The largest absolute Gasteiger partial charge is 0.462 e. The third-order valence-corrected chi connectivity index (χ3v) is 6.44. The number of nitrogens with zero attached hydrogens (tertiary/aromatic N) is 2. The number of anilines is 1. The number of thiophene rings is 1. The molecule has 7 nitrogen and oxygen atoms in total. The number of carbonyl (C=O) groups excluding carboxylic acids is 1. The van der Waals surface area contributed by atoms with Crippen molar-refractivity contribution in [3.05, 3.63) is 16.3 Å². The Hall–Kier alpha value is -1.77. The third kappa shape index (κ3) is 4.61. The van der Waals surface area contributed by atoms with E-state index in [2.05, 4.69) is 26.1 Å². The average molecular weight is 408 g/mol. The van der Waals surface area contributed by atoms with E-state index >= 15 is 0 Å². The second-order valence-corrected chi connectivity index (χ2v) is 8.66. The van der Waals surface area contributed by atoms with Crippen LogP contribution in [0.5, 0.6) is 0 Å². The van der Waals surface area contributed by atoms with Crippen LogP contribution in [0.3, 0.4) is 0 Å². The van der Waals surface area contributed by atoms with Crippen LogP contribution in [0.2, 0.25) is 0 Å². The number of fused-ring (bicyclic) bond motifs is 1. The molecule has 0 spiro atoms. The van der Waals surface area contributed by atoms with Crippen LogP contribution in [-0.2, 0) is 16.0 Å². The number of nitrogens with one attached hydrogen (secondary N) is 2. The normalized spacial score (nSPS) is 16.5. The maximum atomic E-state index is 12.4. The van der Waals surface area contributed by atoms with Crippen LogP contribution in [0.1, 0.15) is 48.8 Å². The molecular weight excluding hydrogens is 376 g/mol. The summed E-state index contributed by atoms with van der Waals surface area (Å²) in [5.74, 6) is 1.80. The lowest BCUT2D eigenvalue weighted by Gasteiger charge is -2.23. The SMILES string of the molecule is CCOC(=O)c1sc2nc(C[NH+]3CCOCC3)nc(N[C@@H](C)C(C)C)c2c1C. The average Bonchev–Trinajstić information content (AvgIpc) is 2.99. The molecule has 3 heterocycles. The maximum Gasteiger partial charge on any atom is 0.348 e. The molecule has 0 aliphatic carbocycles. The van der Waals surface area contributed by atoms with Gasteiger partial charge in [0.1, 0.15) is 35.2 Å². The molecule has 0 radical (unpaired) electrons. The lowest BCUT2D eigenvalue weighted by molar-refractivity contribution is -0.922. The third-order valence-electron chi connectivity index (χ3n) is 5.27. The Morgan fingerprint density at radius 2 is 2.00 bits per heavy atom. The Kier molecular flexibility index (Phi) is 6.85. The Balaban J connectivity index is 2.01. The first kappa shape index (κ1) is 21.0. The second kappa shape index (κ2) is 9.15. The molecule has 0 amide bonds. The van der Waals surface area contributed by atoms with Crippen LogP contribution in [0.4, 0.5) is 5.82 Å². The number of morpholine rings is 1. The molecule has 1 saturated heterocycles. The Morgan fingerprint density at radius 3 is 2.64 bits per heavy atom. The topological polar surface area (TPSA) is 77.8 Å². The first-order chi connectivity index (χ1) is 13.4. The van der Waals surface area contributed by atoms with E-state index in [4.69, 9.17) is 19.4 Å². The molecule has 2 aromatic heterocycles. The molecule has 1 fully saturated rings. The number of hydrogen-bond donors (Lipinski definition) is 2. The second-order valence-electron chi connectivity index (χ2n) is 7.66. The van der Waals surface area contributed by atoms with Gasteiger partial charge in [0.25, 0.3) is 0 Å². The molecule has 1 aliphatic rings. The smallest absolute Gasteiger partial charge is 0.348 e. The quantitative estimate of drug-likeness (QED) is 0.684.